The van der Waals surface area contributed by atoms with Gasteiger partial charge >= 0.3 is 0 Å². The standard InChI is InChI=1S/C22H15ClFNO2S2.C2H6/c1-29(26,27)17-12-8-15(9-13-17)21-20(14-6-10-16(24)11-7-14)25-22(28-21)18-4-2-3-5-19(18)23;1-2/h2-13H,1H3;1-2H3. The lowest BCUT2D eigenvalue weighted by Crippen LogP contribution is -1.96. The Morgan fingerprint density at radius 1 is 0.871 bits per heavy atom. The van der Waals surface area contributed by atoms with Gasteiger partial charge in [0.25, 0.3) is 0 Å². The maximum Gasteiger partial charge on any atom is 0.175 e. The minimum atomic E-state index is -3.28. The first-order chi connectivity index (χ1) is 14.8. The molecule has 1 aromatic heterocycles. The summed E-state index contributed by atoms with van der Waals surface area (Å²) < 4.78 is 36.9. The van der Waals surface area contributed by atoms with Gasteiger partial charge in [0.15, 0.2) is 9.84 Å². The molecule has 0 aliphatic carbocycles. The van der Waals surface area contributed by atoms with Crippen molar-refractivity contribution in [2.75, 3.05) is 6.26 Å². The fraction of sp³-hybridized carbons (Fsp3) is 0.125. The second-order valence-corrected chi connectivity index (χ2v) is 9.90. The van der Waals surface area contributed by atoms with Crippen LogP contribution in [0.4, 0.5) is 4.39 Å². The zero-order valence-corrected chi connectivity index (χ0v) is 19.7. The summed E-state index contributed by atoms with van der Waals surface area (Å²) >= 11 is 7.81. The van der Waals surface area contributed by atoms with E-state index in [0.717, 1.165) is 26.6 Å². The number of hydrogen-bond acceptors (Lipinski definition) is 4. The molecule has 4 aromatic rings. The van der Waals surface area contributed by atoms with Crippen molar-refractivity contribution in [1.82, 2.24) is 4.98 Å². The van der Waals surface area contributed by atoms with Crippen LogP contribution in [-0.2, 0) is 9.84 Å². The number of aromatic nitrogens is 1. The Bertz CT molecular complexity index is 1280. The largest absolute Gasteiger partial charge is 0.235 e. The molecule has 3 aromatic carbocycles. The van der Waals surface area contributed by atoms with Gasteiger partial charge in [-0.15, -0.1) is 11.3 Å². The molecule has 0 unspecified atom stereocenters. The van der Waals surface area contributed by atoms with Crippen LogP contribution in [0.5, 0.6) is 0 Å². The Kier molecular flexibility index (Phi) is 7.26. The van der Waals surface area contributed by atoms with E-state index in [1.807, 2.05) is 32.0 Å². The summed E-state index contributed by atoms with van der Waals surface area (Å²) in [5.74, 6) is -0.325. The van der Waals surface area contributed by atoms with Crippen molar-refractivity contribution in [1.29, 1.82) is 0 Å². The fourth-order valence-corrected chi connectivity index (χ4v) is 4.97. The number of hydrogen-bond donors (Lipinski definition) is 0. The predicted octanol–water partition coefficient (Wildman–Crippen LogP) is 7.37. The van der Waals surface area contributed by atoms with Gasteiger partial charge in [0.2, 0.25) is 0 Å². The van der Waals surface area contributed by atoms with E-state index in [1.165, 1.54) is 29.7 Å². The Labute approximate surface area is 191 Å². The maximum atomic E-state index is 13.4. The molecular formula is C24H21ClFNO2S2. The maximum absolute atomic E-state index is 13.4. The molecule has 0 N–H and O–H groups in total. The van der Waals surface area contributed by atoms with Gasteiger partial charge in [-0.05, 0) is 48.0 Å². The van der Waals surface area contributed by atoms with Gasteiger partial charge in [-0.3, -0.25) is 0 Å². The minimum absolute atomic E-state index is 0.250. The third-order valence-corrected chi connectivity index (χ3v) is 6.99. The number of halogens is 2. The van der Waals surface area contributed by atoms with E-state index in [2.05, 4.69) is 0 Å². The lowest BCUT2D eigenvalue weighted by Gasteiger charge is -2.04. The van der Waals surface area contributed by atoms with E-state index in [4.69, 9.17) is 16.6 Å². The molecular weight excluding hydrogens is 453 g/mol. The summed E-state index contributed by atoms with van der Waals surface area (Å²) in [5.41, 5.74) is 3.09. The highest BCUT2D eigenvalue weighted by Gasteiger charge is 2.18. The number of rotatable bonds is 4. The Hall–Kier alpha value is -2.54. The molecule has 0 saturated heterocycles. The number of sulfone groups is 1. The van der Waals surface area contributed by atoms with Gasteiger partial charge in [0, 0.05) is 17.4 Å². The molecule has 31 heavy (non-hydrogen) atoms. The van der Waals surface area contributed by atoms with Gasteiger partial charge in [0.05, 0.1) is 20.5 Å². The first-order valence-electron chi connectivity index (χ1n) is 9.65. The second-order valence-electron chi connectivity index (χ2n) is 6.48. The zero-order valence-electron chi connectivity index (χ0n) is 17.3. The molecule has 0 aliphatic rings. The van der Waals surface area contributed by atoms with Crippen molar-refractivity contribution in [3.8, 4) is 32.3 Å². The third-order valence-electron chi connectivity index (χ3n) is 4.39. The summed E-state index contributed by atoms with van der Waals surface area (Å²) in [6.07, 6.45) is 1.17. The summed E-state index contributed by atoms with van der Waals surface area (Å²) in [5, 5.41) is 1.32. The number of nitrogens with zero attached hydrogens (tertiary/aromatic N) is 1. The Morgan fingerprint density at radius 2 is 1.45 bits per heavy atom. The second kappa shape index (κ2) is 9.73. The van der Waals surface area contributed by atoms with E-state index in [0.29, 0.717) is 10.7 Å². The molecule has 0 aliphatic heterocycles. The van der Waals surface area contributed by atoms with Crippen LogP contribution in [0.3, 0.4) is 0 Å². The van der Waals surface area contributed by atoms with Crippen LogP contribution in [0.1, 0.15) is 13.8 Å². The lowest BCUT2D eigenvalue weighted by molar-refractivity contribution is 0.602. The topological polar surface area (TPSA) is 47.0 Å². The van der Waals surface area contributed by atoms with Crippen molar-refractivity contribution in [3.63, 3.8) is 0 Å². The average molecular weight is 474 g/mol. The van der Waals surface area contributed by atoms with E-state index in [-0.39, 0.29) is 10.7 Å². The molecule has 7 heteroatoms. The van der Waals surface area contributed by atoms with Crippen LogP contribution in [0.2, 0.25) is 5.02 Å². The van der Waals surface area contributed by atoms with Crippen LogP contribution < -0.4 is 0 Å². The van der Waals surface area contributed by atoms with Gasteiger partial charge in [-0.25, -0.2) is 17.8 Å². The highest BCUT2D eigenvalue weighted by Crippen LogP contribution is 2.42. The zero-order chi connectivity index (χ0) is 22.6. The SMILES string of the molecule is CC.CS(=O)(=O)c1ccc(-c2sc(-c3ccccc3Cl)nc2-c2ccc(F)cc2)cc1. The molecule has 0 saturated carbocycles. The van der Waals surface area contributed by atoms with Gasteiger partial charge < -0.3 is 0 Å². The summed E-state index contributed by atoms with van der Waals surface area (Å²) in [4.78, 5) is 5.89. The van der Waals surface area contributed by atoms with Gasteiger partial charge in [0.1, 0.15) is 10.8 Å². The molecule has 4 rings (SSSR count). The van der Waals surface area contributed by atoms with Crippen LogP contribution in [0.25, 0.3) is 32.3 Å². The summed E-state index contributed by atoms with van der Waals surface area (Å²) in [6, 6.07) is 20.2. The first-order valence-corrected chi connectivity index (χ1v) is 12.7. The normalized spacial score (nSPS) is 11.0. The highest BCUT2D eigenvalue weighted by molar-refractivity contribution is 7.90. The molecule has 0 atom stereocenters. The molecule has 0 amide bonds. The quantitative estimate of drug-likeness (QED) is 0.311. The third kappa shape index (κ3) is 5.21. The molecule has 160 valence electrons. The molecule has 1 heterocycles. The van der Waals surface area contributed by atoms with E-state index < -0.39 is 9.84 Å². The summed E-state index contributed by atoms with van der Waals surface area (Å²) in [6.45, 7) is 4.00. The lowest BCUT2D eigenvalue weighted by atomic mass is 10.1. The van der Waals surface area contributed by atoms with Crippen LogP contribution >= 0.6 is 22.9 Å². The van der Waals surface area contributed by atoms with Crippen LogP contribution in [0.15, 0.2) is 77.7 Å². The molecule has 0 radical (unpaired) electrons. The molecule has 0 spiro atoms. The first kappa shape index (κ1) is 23.1. The van der Waals surface area contributed by atoms with Crippen molar-refractivity contribution >= 4 is 32.8 Å². The fourth-order valence-electron chi connectivity index (χ4n) is 2.92. The summed E-state index contributed by atoms with van der Waals surface area (Å²) in [7, 11) is -3.28. The van der Waals surface area contributed by atoms with Crippen molar-refractivity contribution < 1.29 is 12.8 Å². The van der Waals surface area contributed by atoms with Crippen LogP contribution in [-0.4, -0.2) is 19.7 Å². The van der Waals surface area contributed by atoms with Crippen molar-refractivity contribution in [2.24, 2.45) is 0 Å². The molecule has 0 fully saturated rings. The van der Waals surface area contributed by atoms with Gasteiger partial charge in [-0.1, -0.05) is 55.8 Å². The minimum Gasteiger partial charge on any atom is -0.235 e. The van der Waals surface area contributed by atoms with E-state index in [1.54, 1.807) is 42.5 Å². The van der Waals surface area contributed by atoms with E-state index in [9.17, 15) is 12.8 Å². The number of benzene rings is 3. The van der Waals surface area contributed by atoms with Gasteiger partial charge in [-0.2, -0.15) is 0 Å². The van der Waals surface area contributed by atoms with Crippen molar-refractivity contribution in [2.45, 2.75) is 18.7 Å². The molecule has 3 nitrogen and oxygen atoms in total. The highest BCUT2D eigenvalue weighted by atomic mass is 35.5. The Morgan fingerprint density at radius 3 is 2.03 bits per heavy atom. The monoisotopic (exact) mass is 473 g/mol. The number of thiazole rings is 1. The van der Waals surface area contributed by atoms with Crippen molar-refractivity contribution in [3.05, 3.63) is 83.6 Å². The van der Waals surface area contributed by atoms with Crippen LogP contribution in [0, 0.1) is 5.82 Å². The molecule has 0 bridgehead atoms. The smallest absolute Gasteiger partial charge is 0.175 e. The van der Waals surface area contributed by atoms with E-state index >= 15 is 0 Å². The average Bonchev–Trinajstić information content (AvgIpc) is 3.21. The Balaban J connectivity index is 0.00000132. The predicted molar refractivity (Wildman–Crippen MR) is 128 cm³/mol.